The molecule has 0 amide bonds. The smallest absolute Gasteiger partial charge is 0.296 e. The van der Waals surface area contributed by atoms with E-state index in [9.17, 15) is 8.42 Å². The molecule has 2 aromatic rings. The first-order valence-electron chi connectivity index (χ1n) is 7.61. The Morgan fingerprint density at radius 1 is 0.957 bits per heavy atom. The van der Waals surface area contributed by atoms with Crippen LogP contribution in [0.3, 0.4) is 0 Å². The van der Waals surface area contributed by atoms with Gasteiger partial charge in [-0.1, -0.05) is 29.8 Å². The molecular weight excluding hydrogens is 310 g/mol. The van der Waals surface area contributed by atoms with Crippen molar-refractivity contribution in [1.29, 1.82) is 0 Å². The van der Waals surface area contributed by atoms with Crippen LogP contribution in [-0.4, -0.2) is 29.1 Å². The monoisotopic (exact) mass is 333 g/mol. The molecule has 0 aliphatic heterocycles. The van der Waals surface area contributed by atoms with Crippen molar-refractivity contribution in [1.82, 2.24) is 0 Å². The number of benzene rings is 2. The summed E-state index contributed by atoms with van der Waals surface area (Å²) >= 11 is 0. The molecule has 0 heterocycles. The molecular formula is C18H23NO3S. The van der Waals surface area contributed by atoms with Gasteiger partial charge in [-0.05, 0) is 49.6 Å². The number of nitrogens with zero attached hydrogens (tertiary/aromatic N) is 1. The Hall–Kier alpha value is -1.85. The number of hydrogen-bond donors (Lipinski definition) is 0. The Bertz CT molecular complexity index is 720. The second-order valence-corrected chi connectivity index (χ2v) is 7.37. The molecule has 0 bridgehead atoms. The van der Waals surface area contributed by atoms with Gasteiger partial charge in [0.2, 0.25) is 0 Å². The third-order valence-corrected chi connectivity index (χ3v) is 4.94. The molecule has 0 N–H and O–H groups in total. The van der Waals surface area contributed by atoms with E-state index in [-0.39, 0.29) is 11.5 Å². The average Bonchev–Trinajstić information content (AvgIpc) is 2.52. The largest absolute Gasteiger partial charge is 0.378 e. The van der Waals surface area contributed by atoms with Gasteiger partial charge in [0.05, 0.1) is 11.5 Å². The van der Waals surface area contributed by atoms with Crippen LogP contribution in [0.25, 0.3) is 0 Å². The van der Waals surface area contributed by atoms with E-state index >= 15 is 0 Å². The van der Waals surface area contributed by atoms with Crippen LogP contribution in [0.2, 0.25) is 0 Å². The summed E-state index contributed by atoms with van der Waals surface area (Å²) in [5, 5.41) is 0. The van der Waals surface area contributed by atoms with Crippen molar-refractivity contribution in [3.05, 3.63) is 59.7 Å². The molecule has 0 spiro atoms. The zero-order chi connectivity index (χ0) is 16.9. The van der Waals surface area contributed by atoms with Gasteiger partial charge in [-0.2, -0.15) is 8.42 Å². The van der Waals surface area contributed by atoms with Gasteiger partial charge in [-0.3, -0.25) is 4.18 Å². The van der Waals surface area contributed by atoms with E-state index in [1.807, 2.05) is 25.9 Å². The topological polar surface area (TPSA) is 46.6 Å². The van der Waals surface area contributed by atoms with E-state index in [0.29, 0.717) is 6.42 Å². The summed E-state index contributed by atoms with van der Waals surface area (Å²) in [6.07, 6.45) is 1.45. The molecule has 2 aromatic carbocycles. The second kappa shape index (κ2) is 7.62. The van der Waals surface area contributed by atoms with Gasteiger partial charge in [0.25, 0.3) is 10.1 Å². The van der Waals surface area contributed by atoms with Crippen molar-refractivity contribution in [2.75, 3.05) is 25.6 Å². The SMILES string of the molecule is Cc1ccc(S(=O)(=O)OCCCc2ccc(N(C)C)cc2)cc1. The van der Waals surface area contributed by atoms with Gasteiger partial charge < -0.3 is 4.90 Å². The lowest BCUT2D eigenvalue weighted by Crippen LogP contribution is -2.09. The molecule has 2 rings (SSSR count). The molecule has 23 heavy (non-hydrogen) atoms. The molecule has 4 nitrogen and oxygen atoms in total. The maximum atomic E-state index is 12.0. The molecule has 0 unspecified atom stereocenters. The van der Waals surface area contributed by atoms with Crippen LogP contribution in [0.4, 0.5) is 5.69 Å². The molecule has 0 saturated heterocycles. The maximum Gasteiger partial charge on any atom is 0.296 e. The first-order valence-corrected chi connectivity index (χ1v) is 9.02. The van der Waals surface area contributed by atoms with E-state index in [1.54, 1.807) is 24.3 Å². The first kappa shape index (κ1) is 17.5. The fraction of sp³-hybridized carbons (Fsp3) is 0.333. The molecule has 0 atom stereocenters. The highest BCUT2D eigenvalue weighted by molar-refractivity contribution is 7.86. The van der Waals surface area contributed by atoms with Crippen LogP contribution in [0.1, 0.15) is 17.5 Å². The van der Waals surface area contributed by atoms with Crippen LogP contribution in [0.15, 0.2) is 53.4 Å². The summed E-state index contributed by atoms with van der Waals surface area (Å²) in [6, 6.07) is 14.9. The van der Waals surface area contributed by atoms with Gasteiger partial charge >= 0.3 is 0 Å². The van der Waals surface area contributed by atoms with Crippen molar-refractivity contribution in [2.24, 2.45) is 0 Å². The van der Waals surface area contributed by atoms with Crippen LogP contribution in [0.5, 0.6) is 0 Å². The number of aryl methyl sites for hydroxylation is 2. The van der Waals surface area contributed by atoms with Crippen molar-refractivity contribution in [2.45, 2.75) is 24.7 Å². The van der Waals surface area contributed by atoms with Crippen molar-refractivity contribution in [3.8, 4) is 0 Å². The van der Waals surface area contributed by atoms with E-state index in [4.69, 9.17) is 4.18 Å². The van der Waals surface area contributed by atoms with Crippen molar-refractivity contribution < 1.29 is 12.6 Å². The Balaban J connectivity index is 1.83. The predicted octanol–water partition coefficient (Wildman–Crippen LogP) is 3.40. The minimum Gasteiger partial charge on any atom is -0.378 e. The van der Waals surface area contributed by atoms with Crippen LogP contribution < -0.4 is 4.90 Å². The Kier molecular flexibility index (Phi) is 5.80. The molecule has 5 heteroatoms. The normalized spacial score (nSPS) is 11.4. The third-order valence-electron chi connectivity index (χ3n) is 3.61. The van der Waals surface area contributed by atoms with Crippen molar-refractivity contribution in [3.63, 3.8) is 0 Å². The Morgan fingerprint density at radius 2 is 1.57 bits per heavy atom. The van der Waals surface area contributed by atoms with E-state index in [1.165, 1.54) is 5.56 Å². The lowest BCUT2D eigenvalue weighted by Gasteiger charge is -2.12. The van der Waals surface area contributed by atoms with Gasteiger partial charge in [0.1, 0.15) is 0 Å². The fourth-order valence-corrected chi connectivity index (χ4v) is 3.12. The molecule has 0 aliphatic carbocycles. The van der Waals surface area contributed by atoms with Crippen LogP contribution in [0, 0.1) is 6.92 Å². The fourth-order valence-electron chi connectivity index (χ4n) is 2.18. The summed E-state index contributed by atoms with van der Waals surface area (Å²) in [5.41, 5.74) is 3.34. The summed E-state index contributed by atoms with van der Waals surface area (Å²) in [5.74, 6) is 0. The average molecular weight is 333 g/mol. The maximum absolute atomic E-state index is 12.0. The molecule has 124 valence electrons. The summed E-state index contributed by atoms with van der Waals surface area (Å²) < 4.78 is 29.2. The lowest BCUT2D eigenvalue weighted by molar-refractivity contribution is 0.312. The third kappa shape index (κ3) is 5.08. The zero-order valence-corrected chi connectivity index (χ0v) is 14.6. The minimum absolute atomic E-state index is 0.186. The highest BCUT2D eigenvalue weighted by Crippen LogP contribution is 2.15. The lowest BCUT2D eigenvalue weighted by atomic mass is 10.1. The standard InChI is InChI=1S/C18H23NO3S/c1-15-6-12-18(13-7-15)23(20,21)22-14-4-5-16-8-10-17(11-9-16)19(2)3/h6-13H,4-5,14H2,1-3H3. The van der Waals surface area contributed by atoms with E-state index < -0.39 is 10.1 Å². The molecule has 0 aliphatic rings. The minimum atomic E-state index is -3.66. The summed E-state index contributed by atoms with van der Waals surface area (Å²) in [7, 11) is 0.341. The highest BCUT2D eigenvalue weighted by Gasteiger charge is 2.14. The molecule has 0 aromatic heterocycles. The summed E-state index contributed by atoms with van der Waals surface area (Å²) in [4.78, 5) is 2.25. The zero-order valence-electron chi connectivity index (χ0n) is 13.8. The Labute approximate surface area is 138 Å². The molecule has 0 saturated carbocycles. The van der Waals surface area contributed by atoms with Crippen LogP contribution >= 0.6 is 0 Å². The van der Waals surface area contributed by atoms with Gasteiger partial charge in [0, 0.05) is 19.8 Å². The molecule has 0 radical (unpaired) electrons. The second-order valence-electron chi connectivity index (χ2n) is 5.75. The number of hydrogen-bond acceptors (Lipinski definition) is 4. The number of anilines is 1. The van der Waals surface area contributed by atoms with Gasteiger partial charge in [0.15, 0.2) is 0 Å². The van der Waals surface area contributed by atoms with Crippen molar-refractivity contribution >= 4 is 15.8 Å². The van der Waals surface area contributed by atoms with Gasteiger partial charge in [-0.25, -0.2) is 0 Å². The van der Waals surface area contributed by atoms with Crippen LogP contribution in [-0.2, 0) is 20.7 Å². The Morgan fingerprint density at radius 3 is 2.13 bits per heavy atom. The highest BCUT2D eigenvalue weighted by atomic mass is 32.2. The quantitative estimate of drug-likeness (QED) is 0.575. The van der Waals surface area contributed by atoms with E-state index in [0.717, 1.165) is 17.7 Å². The summed E-state index contributed by atoms with van der Waals surface area (Å²) in [6.45, 7) is 2.10. The van der Waals surface area contributed by atoms with Gasteiger partial charge in [-0.15, -0.1) is 0 Å². The first-order chi connectivity index (χ1) is 10.9. The molecule has 0 fully saturated rings. The predicted molar refractivity (Wildman–Crippen MR) is 93.4 cm³/mol. The van der Waals surface area contributed by atoms with E-state index in [2.05, 4.69) is 24.3 Å². The number of rotatable bonds is 7.